The van der Waals surface area contributed by atoms with Crippen LogP contribution in [0.4, 0.5) is 0 Å². The van der Waals surface area contributed by atoms with E-state index < -0.39 is 0 Å². The monoisotopic (exact) mass is 239 g/mol. The Hall–Kier alpha value is -0.570. The molecule has 88 valence electrons. The van der Waals surface area contributed by atoms with E-state index in [0.29, 0.717) is 5.92 Å². The summed E-state index contributed by atoms with van der Waals surface area (Å²) in [6, 6.07) is 6.31. The third kappa shape index (κ3) is 2.76. The van der Waals surface area contributed by atoms with Gasteiger partial charge in [0, 0.05) is 17.7 Å². The van der Waals surface area contributed by atoms with Crippen LogP contribution in [0.5, 0.6) is 0 Å². The molecule has 1 aromatic rings. The van der Waals surface area contributed by atoms with Crippen LogP contribution in [0.15, 0.2) is 18.2 Å². The van der Waals surface area contributed by atoms with Crippen molar-refractivity contribution in [3.8, 4) is 0 Å². The van der Waals surface area contributed by atoms with Crippen molar-refractivity contribution in [3.63, 3.8) is 0 Å². The Balaban J connectivity index is 2.02. The zero-order chi connectivity index (χ0) is 11.5. The fourth-order valence-electron chi connectivity index (χ4n) is 2.13. The Morgan fingerprint density at radius 3 is 3.00 bits per heavy atom. The molecule has 1 aliphatic heterocycles. The van der Waals surface area contributed by atoms with Crippen molar-refractivity contribution in [3.05, 3.63) is 34.3 Å². The number of halogens is 1. The largest absolute Gasteiger partial charge is 0.381 e. The number of aryl methyl sites for hydroxylation is 1. The molecule has 3 heteroatoms. The highest BCUT2D eigenvalue weighted by molar-refractivity contribution is 6.31. The summed E-state index contributed by atoms with van der Waals surface area (Å²) in [5.41, 5.74) is 8.51. The molecule has 1 aromatic carbocycles. The molecule has 1 saturated heterocycles. The molecule has 0 aromatic heterocycles. The van der Waals surface area contributed by atoms with Gasteiger partial charge in [0.05, 0.1) is 6.61 Å². The smallest absolute Gasteiger partial charge is 0.0510 e. The first kappa shape index (κ1) is 11.9. The van der Waals surface area contributed by atoms with E-state index in [4.69, 9.17) is 22.1 Å². The molecule has 2 atom stereocenters. The molecule has 2 N–H and O–H groups in total. The number of hydrogen-bond acceptors (Lipinski definition) is 2. The Morgan fingerprint density at radius 2 is 2.38 bits per heavy atom. The number of benzene rings is 1. The van der Waals surface area contributed by atoms with Crippen LogP contribution in [0, 0.1) is 12.8 Å². The molecule has 16 heavy (non-hydrogen) atoms. The van der Waals surface area contributed by atoms with E-state index in [1.807, 2.05) is 13.0 Å². The van der Waals surface area contributed by atoms with Crippen LogP contribution in [-0.2, 0) is 11.2 Å². The summed E-state index contributed by atoms with van der Waals surface area (Å²) in [4.78, 5) is 0. The lowest BCUT2D eigenvalue weighted by atomic mass is 9.93. The topological polar surface area (TPSA) is 35.2 Å². The molecular weight excluding hydrogens is 222 g/mol. The van der Waals surface area contributed by atoms with E-state index in [0.717, 1.165) is 36.6 Å². The van der Waals surface area contributed by atoms with Crippen LogP contribution in [0.2, 0.25) is 5.02 Å². The second-order valence-electron chi connectivity index (χ2n) is 4.59. The molecule has 1 heterocycles. The number of hydrogen-bond donors (Lipinski definition) is 1. The maximum atomic E-state index is 6.19. The molecule has 0 radical (unpaired) electrons. The van der Waals surface area contributed by atoms with E-state index in [-0.39, 0.29) is 6.04 Å². The predicted octanol–water partition coefficient (Wildman–Crippen LogP) is 2.55. The summed E-state index contributed by atoms with van der Waals surface area (Å²) in [6.07, 6.45) is 1.91. The first-order valence-corrected chi connectivity index (χ1v) is 6.13. The van der Waals surface area contributed by atoms with Gasteiger partial charge in [-0.25, -0.2) is 0 Å². The van der Waals surface area contributed by atoms with Gasteiger partial charge in [0.2, 0.25) is 0 Å². The fourth-order valence-corrected chi connectivity index (χ4v) is 2.44. The number of ether oxygens (including phenoxy) is 1. The summed E-state index contributed by atoms with van der Waals surface area (Å²) in [6.45, 7) is 3.69. The Bertz CT molecular complexity index is 361. The minimum Gasteiger partial charge on any atom is -0.381 e. The lowest BCUT2D eigenvalue weighted by Crippen LogP contribution is -2.32. The summed E-state index contributed by atoms with van der Waals surface area (Å²) >= 11 is 6.19. The molecule has 1 fully saturated rings. The van der Waals surface area contributed by atoms with Crippen molar-refractivity contribution in [1.82, 2.24) is 0 Å². The highest BCUT2D eigenvalue weighted by Crippen LogP contribution is 2.23. The molecule has 1 aliphatic rings. The molecule has 2 unspecified atom stereocenters. The van der Waals surface area contributed by atoms with Crippen molar-refractivity contribution < 1.29 is 4.74 Å². The molecule has 0 saturated carbocycles. The Morgan fingerprint density at radius 1 is 1.56 bits per heavy atom. The summed E-state index contributed by atoms with van der Waals surface area (Å²) < 4.78 is 5.35. The molecule has 0 spiro atoms. The van der Waals surface area contributed by atoms with E-state index in [1.54, 1.807) is 0 Å². The summed E-state index contributed by atoms with van der Waals surface area (Å²) in [5.74, 6) is 0.484. The quantitative estimate of drug-likeness (QED) is 0.880. The minimum absolute atomic E-state index is 0.155. The number of nitrogens with two attached hydrogens (primary N) is 1. The van der Waals surface area contributed by atoms with Gasteiger partial charge in [-0.1, -0.05) is 23.7 Å². The van der Waals surface area contributed by atoms with Gasteiger partial charge in [0.25, 0.3) is 0 Å². The highest BCUT2D eigenvalue weighted by Gasteiger charge is 2.23. The van der Waals surface area contributed by atoms with Crippen LogP contribution in [0.1, 0.15) is 17.5 Å². The second-order valence-corrected chi connectivity index (χ2v) is 4.99. The lowest BCUT2D eigenvalue weighted by Gasteiger charge is -2.18. The molecule has 0 bridgehead atoms. The highest BCUT2D eigenvalue weighted by atomic mass is 35.5. The lowest BCUT2D eigenvalue weighted by molar-refractivity contribution is 0.180. The van der Waals surface area contributed by atoms with Crippen molar-refractivity contribution >= 4 is 11.6 Å². The Labute approximate surface area is 102 Å². The van der Waals surface area contributed by atoms with Crippen LogP contribution in [0.25, 0.3) is 0 Å². The summed E-state index contributed by atoms with van der Waals surface area (Å²) in [5, 5.41) is 0.828. The van der Waals surface area contributed by atoms with Crippen molar-refractivity contribution in [2.75, 3.05) is 13.2 Å². The zero-order valence-electron chi connectivity index (χ0n) is 9.58. The average molecular weight is 240 g/mol. The van der Waals surface area contributed by atoms with Gasteiger partial charge < -0.3 is 10.5 Å². The predicted molar refractivity (Wildman–Crippen MR) is 66.8 cm³/mol. The van der Waals surface area contributed by atoms with Crippen molar-refractivity contribution in [1.29, 1.82) is 0 Å². The normalized spacial score (nSPS) is 22.3. The SMILES string of the molecule is Cc1ccc(CC(N)C2CCOC2)c(Cl)c1. The first-order chi connectivity index (χ1) is 7.66. The van der Waals surface area contributed by atoms with E-state index in [2.05, 4.69) is 12.1 Å². The third-order valence-corrected chi connectivity index (χ3v) is 3.59. The third-order valence-electron chi connectivity index (χ3n) is 3.23. The van der Waals surface area contributed by atoms with Crippen molar-refractivity contribution in [2.24, 2.45) is 11.7 Å². The second kappa shape index (κ2) is 5.17. The summed E-state index contributed by atoms with van der Waals surface area (Å²) in [7, 11) is 0. The van der Waals surface area contributed by atoms with E-state index >= 15 is 0 Å². The van der Waals surface area contributed by atoms with Gasteiger partial charge in [0.1, 0.15) is 0 Å². The molecule has 0 aliphatic carbocycles. The maximum absolute atomic E-state index is 6.19. The fraction of sp³-hybridized carbons (Fsp3) is 0.538. The Kier molecular flexibility index (Phi) is 3.85. The van der Waals surface area contributed by atoms with Crippen molar-refractivity contribution in [2.45, 2.75) is 25.8 Å². The van der Waals surface area contributed by atoms with Gasteiger partial charge in [0.15, 0.2) is 0 Å². The van der Waals surface area contributed by atoms with Gasteiger partial charge in [-0.15, -0.1) is 0 Å². The zero-order valence-corrected chi connectivity index (χ0v) is 10.3. The average Bonchev–Trinajstić information content (AvgIpc) is 2.75. The number of rotatable bonds is 3. The van der Waals surface area contributed by atoms with Crippen LogP contribution < -0.4 is 5.73 Å². The van der Waals surface area contributed by atoms with E-state index in [9.17, 15) is 0 Å². The van der Waals surface area contributed by atoms with Crippen LogP contribution in [-0.4, -0.2) is 19.3 Å². The first-order valence-electron chi connectivity index (χ1n) is 5.75. The molecule has 2 rings (SSSR count). The van der Waals surface area contributed by atoms with E-state index in [1.165, 1.54) is 5.56 Å². The van der Waals surface area contributed by atoms with Gasteiger partial charge in [-0.2, -0.15) is 0 Å². The minimum atomic E-state index is 0.155. The maximum Gasteiger partial charge on any atom is 0.0510 e. The standard InChI is InChI=1S/C13H18ClNO/c1-9-2-3-10(12(14)6-9)7-13(15)11-4-5-16-8-11/h2-3,6,11,13H,4-5,7-8,15H2,1H3. The van der Waals surface area contributed by atoms with Gasteiger partial charge >= 0.3 is 0 Å². The molecular formula is C13H18ClNO. The van der Waals surface area contributed by atoms with Crippen LogP contribution >= 0.6 is 11.6 Å². The van der Waals surface area contributed by atoms with Gasteiger partial charge in [-0.3, -0.25) is 0 Å². The molecule has 0 amide bonds. The van der Waals surface area contributed by atoms with Crippen LogP contribution in [0.3, 0.4) is 0 Å². The molecule has 2 nitrogen and oxygen atoms in total. The van der Waals surface area contributed by atoms with Gasteiger partial charge in [-0.05, 0) is 42.9 Å².